The monoisotopic (exact) mass is 252 g/mol. The molecule has 17 heavy (non-hydrogen) atoms. The van der Waals surface area contributed by atoms with Gasteiger partial charge < -0.3 is 10.5 Å². The Balaban J connectivity index is 2.09. The van der Waals surface area contributed by atoms with Crippen molar-refractivity contribution in [2.45, 2.75) is 6.61 Å². The minimum absolute atomic E-state index is 0.190. The van der Waals surface area contributed by atoms with Crippen molar-refractivity contribution < 1.29 is 9.13 Å². The molecule has 0 fully saturated rings. The molecule has 0 spiro atoms. The Morgan fingerprint density at radius 1 is 1.29 bits per heavy atom. The largest absolute Gasteiger partial charge is 0.487 e. The van der Waals surface area contributed by atoms with E-state index in [9.17, 15) is 4.39 Å². The highest BCUT2D eigenvalue weighted by atomic mass is 35.5. The Kier molecular flexibility index (Phi) is 3.44. The summed E-state index contributed by atoms with van der Waals surface area (Å²) in [6.07, 6.45) is 2.67. The number of pyridine rings is 1. The van der Waals surface area contributed by atoms with Crippen LogP contribution in [0.5, 0.6) is 5.75 Å². The maximum atomic E-state index is 12.9. The molecule has 1 heterocycles. The van der Waals surface area contributed by atoms with Crippen LogP contribution < -0.4 is 10.5 Å². The SMILES string of the molecule is Nc1ccc(Cl)cc1OCc1cncc(F)c1. The first-order chi connectivity index (χ1) is 8.15. The average Bonchev–Trinajstić information content (AvgIpc) is 2.30. The molecule has 0 saturated carbocycles. The molecule has 5 heteroatoms. The molecule has 0 saturated heterocycles. The molecule has 2 aromatic rings. The lowest BCUT2D eigenvalue weighted by Crippen LogP contribution is -1.99. The van der Waals surface area contributed by atoms with E-state index in [4.69, 9.17) is 22.1 Å². The zero-order valence-electron chi connectivity index (χ0n) is 8.86. The molecule has 1 aromatic carbocycles. The number of anilines is 1. The number of ether oxygens (including phenoxy) is 1. The van der Waals surface area contributed by atoms with Gasteiger partial charge in [-0.25, -0.2) is 4.39 Å². The van der Waals surface area contributed by atoms with Gasteiger partial charge in [-0.3, -0.25) is 4.98 Å². The van der Waals surface area contributed by atoms with Crippen LogP contribution in [0.3, 0.4) is 0 Å². The summed E-state index contributed by atoms with van der Waals surface area (Å²) >= 11 is 5.82. The van der Waals surface area contributed by atoms with Crippen molar-refractivity contribution in [3.8, 4) is 5.75 Å². The van der Waals surface area contributed by atoms with Crippen LogP contribution in [-0.4, -0.2) is 4.98 Å². The minimum Gasteiger partial charge on any atom is -0.487 e. The van der Waals surface area contributed by atoms with E-state index in [1.807, 2.05) is 0 Å². The van der Waals surface area contributed by atoms with Gasteiger partial charge in [0.15, 0.2) is 0 Å². The molecule has 0 radical (unpaired) electrons. The summed E-state index contributed by atoms with van der Waals surface area (Å²) in [5.41, 5.74) is 6.82. The summed E-state index contributed by atoms with van der Waals surface area (Å²) in [5.74, 6) is 0.0759. The van der Waals surface area contributed by atoms with Crippen molar-refractivity contribution in [2.24, 2.45) is 0 Å². The number of nitrogen functional groups attached to an aromatic ring is 1. The summed E-state index contributed by atoms with van der Waals surface area (Å²) in [5, 5.41) is 0.534. The van der Waals surface area contributed by atoms with Crippen LogP contribution >= 0.6 is 11.6 Å². The van der Waals surface area contributed by atoms with E-state index in [-0.39, 0.29) is 6.61 Å². The van der Waals surface area contributed by atoms with E-state index < -0.39 is 5.82 Å². The molecule has 0 aliphatic heterocycles. The second-order valence-corrected chi connectivity index (χ2v) is 3.92. The second kappa shape index (κ2) is 5.01. The summed E-state index contributed by atoms with van der Waals surface area (Å²) < 4.78 is 18.3. The first-order valence-electron chi connectivity index (χ1n) is 4.92. The molecule has 2 rings (SSSR count). The standard InChI is InChI=1S/C12H10ClFN2O/c13-9-1-2-11(15)12(4-9)17-7-8-3-10(14)6-16-5-8/h1-6H,7,15H2. The highest BCUT2D eigenvalue weighted by Gasteiger charge is 2.03. The molecular weight excluding hydrogens is 243 g/mol. The molecular formula is C12H10ClFN2O. The van der Waals surface area contributed by atoms with Gasteiger partial charge >= 0.3 is 0 Å². The number of hydrogen-bond donors (Lipinski definition) is 1. The van der Waals surface area contributed by atoms with E-state index in [0.717, 1.165) is 6.20 Å². The normalized spacial score (nSPS) is 10.2. The Hall–Kier alpha value is -1.81. The van der Waals surface area contributed by atoms with Gasteiger partial charge in [-0.05, 0) is 18.2 Å². The number of halogens is 2. The van der Waals surface area contributed by atoms with Crippen molar-refractivity contribution in [3.63, 3.8) is 0 Å². The number of rotatable bonds is 3. The van der Waals surface area contributed by atoms with Crippen LogP contribution in [0.25, 0.3) is 0 Å². The Labute approximate surface area is 103 Å². The van der Waals surface area contributed by atoms with Crippen molar-refractivity contribution in [1.82, 2.24) is 4.98 Å². The lowest BCUT2D eigenvalue weighted by atomic mass is 10.3. The molecule has 0 aliphatic carbocycles. The van der Waals surface area contributed by atoms with E-state index in [1.165, 1.54) is 12.3 Å². The van der Waals surface area contributed by atoms with Crippen molar-refractivity contribution in [1.29, 1.82) is 0 Å². The molecule has 1 aromatic heterocycles. The van der Waals surface area contributed by atoms with E-state index in [1.54, 1.807) is 18.2 Å². The predicted octanol–water partition coefficient (Wildman–Crippen LogP) is 3.04. The lowest BCUT2D eigenvalue weighted by Gasteiger charge is -2.08. The molecule has 0 unspecified atom stereocenters. The van der Waals surface area contributed by atoms with Gasteiger partial charge in [0.2, 0.25) is 0 Å². The molecule has 88 valence electrons. The summed E-state index contributed by atoms with van der Waals surface area (Å²) in [6.45, 7) is 0.190. The Morgan fingerprint density at radius 3 is 2.88 bits per heavy atom. The van der Waals surface area contributed by atoms with Crippen LogP contribution in [0, 0.1) is 5.82 Å². The highest BCUT2D eigenvalue weighted by Crippen LogP contribution is 2.26. The van der Waals surface area contributed by atoms with Gasteiger partial charge in [0.1, 0.15) is 18.2 Å². The third-order valence-electron chi connectivity index (χ3n) is 2.13. The third kappa shape index (κ3) is 3.07. The van der Waals surface area contributed by atoms with Gasteiger partial charge in [0.05, 0.1) is 11.9 Å². The quantitative estimate of drug-likeness (QED) is 0.854. The van der Waals surface area contributed by atoms with Crippen molar-refractivity contribution >= 4 is 17.3 Å². The van der Waals surface area contributed by atoms with Crippen LogP contribution in [0.2, 0.25) is 5.02 Å². The average molecular weight is 253 g/mol. The topological polar surface area (TPSA) is 48.1 Å². The smallest absolute Gasteiger partial charge is 0.144 e. The highest BCUT2D eigenvalue weighted by molar-refractivity contribution is 6.30. The van der Waals surface area contributed by atoms with Crippen LogP contribution in [0.4, 0.5) is 10.1 Å². The van der Waals surface area contributed by atoms with Crippen LogP contribution in [-0.2, 0) is 6.61 Å². The van der Waals surface area contributed by atoms with E-state index >= 15 is 0 Å². The molecule has 3 nitrogen and oxygen atoms in total. The fourth-order valence-electron chi connectivity index (χ4n) is 1.33. The summed E-state index contributed by atoms with van der Waals surface area (Å²) in [4.78, 5) is 3.72. The second-order valence-electron chi connectivity index (χ2n) is 3.48. The predicted molar refractivity (Wildman–Crippen MR) is 64.4 cm³/mol. The van der Waals surface area contributed by atoms with Crippen molar-refractivity contribution in [2.75, 3.05) is 5.73 Å². The molecule has 0 aliphatic rings. The molecule has 0 bridgehead atoms. The van der Waals surface area contributed by atoms with Crippen molar-refractivity contribution in [3.05, 3.63) is 53.1 Å². The summed E-state index contributed by atoms with van der Waals surface area (Å²) in [7, 11) is 0. The lowest BCUT2D eigenvalue weighted by molar-refractivity contribution is 0.307. The van der Waals surface area contributed by atoms with Gasteiger partial charge in [-0.15, -0.1) is 0 Å². The fourth-order valence-corrected chi connectivity index (χ4v) is 1.49. The number of aromatic nitrogens is 1. The maximum Gasteiger partial charge on any atom is 0.144 e. The minimum atomic E-state index is -0.398. The van der Waals surface area contributed by atoms with Gasteiger partial charge in [-0.2, -0.15) is 0 Å². The van der Waals surface area contributed by atoms with Gasteiger partial charge in [0.25, 0.3) is 0 Å². The first-order valence-corrected chi connectivity index (χ1v) is 5.30. The molecule has 2 N–H and O–H groups in total. The third-order valence-corrected chi connectivity index (χ3v) is 2.37. The maximum absolute atomic E-state index is 12.9. The van der Waals surface area contributed by atoms with E-state index in [2.05, 4.69) is 4.98 Å². The zero-order valence-corrected chi connectivity index (χ0v) is 9.62. The van der Waals surface area contributed by atoms with Gasteiger partial charge in [-0.1, -0.05) is 11.6 Å². The number of benzene rings is 1. The Bertz CT molecular complexity index is 534. The zero-order chi connectivity index (χ0) is 12.3. The first kappa shape index (κ1) is 11.7. The summed E-state index contributed by atoms with van der Waals surface area (Å²) in [6, 6.07) is 6.30. The van der Waals surface area contributed by atoms with Crippen LogP contribution in [0.15, 0.2) is 36.7 Å². The molecule has 0 amide bonds. The number of nitrogens with two attached hydrogens (primary N) is 1. The molecule has 0 atom stereocenters. The fraction of sp³-hybridized carbons (Fsp3) is 0.0833. The Morgan fingerprint density at radius 2 is 2.12 bits per heavy atom. The van der Waals surface area contributed by atoms with Gasteiger partial charge in [0, 0.05) is 22.8 Å². The van der Waals surface area contributed by atoms with Crippen LogP contribution in [0.1, 0.15) is 5.56 Å². The van der Waals surface area contributed by atoms with E-state index in [0.29, 0.717) is 22.0 Å². The number of nitrogens with zero attached hydrogens (tertiary/aromatic N) is 1. The number of hydrogen-bond acceptors (Lipinski definition) is 3.